The van der Waals surface area contributed by atoms with Crippen LogP contribution in [0.4, 0.5) is 0 Å². The molecule has 0 saturated carbocycles. The van der Waals surface area contributed by atoms with Crippen LogP contribution in [0.3, 0.4) is 0 Å². The summed E-state index contributed by atoms with van der Waals surface area (Å²) in [6, 6.07) is 13.4. The van der Waals surface area contributed by atoms with E-state index in [1.54, 1.807) is 10.8 Å². The molecule has 106 valence electrons. The van der Waals surface area contributed by atoms with Crippen molar-refractivity contribution in [2.24, 2.45) is 0 Å². The number of aromatic nitrogens is 1. The molecular formula is C16H14IN3O. The van der Waals surface area contributed by atoms with E-state index in [0.29, 0.717) is 0 Å². The van der Waals surface area contributed by atoms with Gasteiger partial charge >= 0.3 is 0 Å². The summed E-state index contributed by atoms with van der Waals surface area (Å²) in [6.45, 7) is 3.78. The van der Waals surface area contributed by atoms with Crippen LogP contribution in [0, 0.1) is 28.7 Å². The summed E-state index contributed by atoms with van der Waals surface area (Å²) in [5, 5.41) is 9.23. The third-order valence-electron chi connectivity index (χ3n) is 3.05. The zero-order valence-electron chi connectivity index (χ0n) is 11.7. The topological polar surface area (TPSA) is 57.8 Å². The maximum Gasteiger partial charge on any atom is 0.280 e. The molecule has 0 atom stereocenters. The van der Waals surface area contributed by atoms with Gasteiger partial charge in [0.2, 0.25) is 0 Å². The highest BCUT2D eigenvalue weighted by molar-refractivity contribution is 14.1. The van der Waals surface area contributed by atoms with Gasteiger partial charge in [0.25, 0.3) is 5.91 Å². The summed E-state index contributed by atoms with van der Waals surface area (Å²) in [5.41, 5.74) is 5.48. The molecule has 0 aliphatic carbocycles. The van der Waals surface area contributed by atoms with Gasteiger partial charge in [-0.2, -0.15) is 5.26 Å². The highest BCUT2D eigenvalue weighted by atomic mass is 127. The minimum atomic E-state index is -0.417. The molecule has 0 unspecified atom stereocenters. The fourth-order valence-corrected chi connectivity index (χ4v) is 2.45. The molecule has 0 saturated heterocycles. The molecule has 2 aromatic rings. The molecule has 0 aliphatic rings. The number of amides is 1. The average molecular weight is 391 g/mol. The van der Waals surface area contributed by atoms with Crippen LogP contribution >= 0.6 is 22.6 Å². The highest BCUT2D eigenvalue weighted by Crippen LogP contribution is 2.15. The summed E-state index contributed by atoms with van der Waals surface area (Å²) in [5.74, 6) is -0.417. The number of halogens is 1. The Bertz CT molecular complexity index is 734. The van der Waals surface area contributed by atoms with Gasteiger partial charge in [-0.3, -0.25) is 14.9 Å². The lowest BCUT2D eigenvalue weighted by molar-refractivity contribution is -0.113. The first kappa shape index (κ1) is 15.3. The van der Waals surface area contributed by atoms with Crippen LogP contribution < -0.4 is 5.43 Å². The molecule has 2 rings (SSSR count). The van der Waals surface area contributed by atoms with Crippen molar-refractivity contribution in [3.05, 3.63) is 62.5 Å². The zero-order chi connectivity index (χ0) is 15.4. The van der Waals surface area contributed by atoms with Crippen LogP contribution in [0.5, 0.6) is 0 Å². The number of nitriles is 1. The van der Waals surface area contributed by atoms with E-state index in [0.717, 1.165) is 20.5 Å². The number of carbonyl (C=O) groups is 1. The summed E-state index contributed by atoms with van der Waals surface area (Å²) < 4.78 is 2.66. The minimum absolute atomic E-state index is 0.0756. The first-order valence-corrected chi connectivity index (χ1v) is 7.43. The van der Waals surface area contributed by atoms with E-state index in [-0.39, 0.29) is 5.57 Å². The second kappa shape index (κ2) is 6.59. The van der Waals surface area contributed by atoms with E-state index in [9.17, 15) is 10.1 Å². The standard InChI is InChI=1S/C16H14IN3O/c1-11-7-8-12(2)20(11)19-16(21)14(10-18)9-13-5-3-4-6-15(13)17/h3-9H,1-2H3,(H,19,21)/b14-9-. The van der Waals surface area contributed by atoms with Crippen molar-refractivity contribution >= 4 is 34.6 Å². The summed E-state index contributed by atoms with van der Waals surface area (Å²) >= 11 is 2.18. The summed E-state index contributed by atoms with van der Waals surface area (Å²) in [7, 11) is 0. The van der Waals surface area contributed by atoms with Crippen LogP contribution in [-0.4, -0.2) is 10.6 Å². The third kappa shape index (κ3) is 3.52. The maximum absolute atomic E-state index is 12.2. The van der Waals surface area contributed by atoms with Gasteiger partial charge in [0.1, 0.15) is 11.6 Å². The van der Waals surface area contributed by atoms with Crippen LogP contribution in [-0.2, 0) is 4.79 Å². The van der Waals surface area contributed by atoms with Crippen molar-refractivity contribution in [1.29, 1.82) is 5.26 Å². The van der Waals surface area contributed by atoms with Gasteiger partial charge in [-0.05, 0) is 66.3 Å². The lowest BCUT2D eigenvalue weighted by Crippen LogP contribution is -2.25. The van der Waals surface area contributed by atoms with E-state index in [4.69, 9.17) is 0 Å². The molecule has 5 heteroatoms. The molecule has 0 aliphatic heterocycles. The van der Waals surface area contributed by atoms with E-state index in [2.05, 4.69) is 28.0 Å². The van der Waals surface area contributed by atoms with E-state index in [1.807, 2.05) is 56.3 Å². The van der Waals surface area contributed by atoms with E-state index in [1.165, 1.54) is 0 Å². The van der Waals surface area contributed by atoms with Gasteiger partial charge in [0.15, 0.2) is 0 Å². The molecule has 0 spiro atoms. The summed E-state index contributed by atoms with van der Waals surface area (Å²) in [6.07, 6.45) is 1.60. The molecule has 4 nitrogen and oxygen atoms in total. The Morgan fingerprint density at radius 3 is 2.43 bits per heavy atom. The van der Waals surface area contributed by atoms with Gasteiger partial charge in [-0.1, -0.05) is 18.2 Å². The number of aryl methyl sites for hydroxylation is 2. The van der Waals surface area contributed by atoms with Crippen molar-refractivity contribution < 1.29 is 4.79 Å². The fourth-order valence-electron chi connectivity index (χ4n) is 1.90. The first-order valence-electron chi connectivity index (χ1n) is 6.35. The Balaban J connectivity index is 2.28. The molecule has 0 fully saturated rings. The SMILES string of the molecule is Cc1ccc(C)n1NC(=O)/C(C#N)=C\c1ccccc1I. The quantitative estimate of drug-likeness (QED) is 0.496. The predicted molar refractivity (Wildman–Crippen MR) is 91.0 cm³/mol. The first-order chi connectivity index (χ1) is 10.0. The second-order valence-electron chi connectivity index (χ2n) is 4.58. The molecule has 1 amide bonds. The number of hydrogen-bond donors (Lipinski definition) is 1. The molecule has 1 heterocycles. The van der Waals surface area contributed by atoms with Crippen molar-refractivity contribution in [2.75, 3.05) is 5.43 Å². The predicted octanol–water partition coefficient (Wildman–Crippen LogP) is 3.39. The van der Waals surface area contributed by atoms with Gasteiger partial charge in [-0.15, -0.1) is 0 Å². The number of rotatable bonds is 3. The Kier molecular flexibility index (Phi) is 4.81. The normalized spacial score (nSPS) is 11.0. The molecule has 0 radical (unpaired) electrons. The lowest BCUT2D eigenvalue weighted by atomic mass is 10.1. The monoisotopic (exact) mass is 391 g/mol. The Morgan fingerprint density at radius 2 is 1.86 bits per heavy atom. The number of hydrogen-bond acceptors (Lipinski definition) is 2. The lowest BCUT2D eigenvalue weighted by Gasteiger charge is -2.10. The van der Waals surface area contributed by atoms with Crippen molar-refractivity contribution in [3.63, 3.8) is 0 Å². The van der Waals surface area contributed by atoms with Crippen molar-refractivity contribution in [3.8, 4) is 6.07 Å². The van der Waals surface area contributed by atoms with Gasteiger partial charge in [0.05, 0.1) is 0 Å². The second-order valence-corrected chi connectivity index (χ2v) is 5.75. The Labute approximate surface area is 137 Å². The largest absolute Gasteiger partial charge is 0.280 e. The van der Waals surface area contributed by atoms with Crippen LogP contribution in [0.25, 0.3) is 6.08 Å². The van der Waals surface area contributed by atoms with Crippen LogP contribution in [0.2, 0.25) is 0 Å². The summed E-state index contributed by atoms with van der Waals surface area (Å²) in [4.78, 5) is 12.2. The molecule has 21 heavy (non-hydrogen) atoms. The van der Waals surface area contributed by atoms with Crippen LogP contribution in [0.1, 0.15) is 17.0 Å². The average Bonchev–Trinajstić information content (AvgIpc) is 2.78. The van der Waals surface area contributed by atoms with Crippen LogP contribution in [0.15, 0.2) is 42.0 Å². The molecule has 0 bridgehead atoms. The van der Waals surface area contributed by atoms with Gasteiger partial charge < -0.3 is 0 Å². The maximum atomic E-state index is 12.2. The van der Waals surface area contributed by atoms with Gasteiger partial charge in [0, 0.05) is 15.0 Å². The molecule has 1 aromatic carbocycles. The van der Waals surface area contributed by atoms with Gasteiger partial charge in [-0.25, -0.2) is 0 Å². The Morgan fingerprint density at radius 1 is 1.24 bits per heavy atom. The fraction of sp³-hybridized carbons (Fsp3) is 0.125. The zero-order valence-corrected chi connectivity index (χ0v) is 13.9. The van der Waals surface area contributed by atoms with E-state index < -0.39 is 5.91 Å². The molecule has 1 aromatic heterocycles. The molecule has 1 N–H and O–H groups in total. The number of benzene rings is 1. The minimum Gasteiger partial charge on any atom is -0.267 e. The molecular weight excluding hydrogens is 377 g/mol. The highest BCUT2D eigenvalue weighted by Gasteiger charge is 2.12. The number of nitrogens with one attached hydrogen (secondary N) is 1. The number of carbonyl (C=O) groups excluding carboxylic acids is 1. The van der Waals surface area contributed by atoms with Crippen molar-refractivity contribution in [2.45, 2.75) is 13.8 Å². The van der Waals surface area contributed by atoms with Crippen molar-refractivity contribution in [1.82, 2.24) is 4.68 Å². The van der Waals surface area contributed by atoms with E-state index >= 15 is 0 Å². The Hall–Kier alpha value is -2.07. The number of nitrogens with zero attached hydrogens (tertiary/aromatic N) is 2. The smallest absolute Gasteiger partial charge is 0.267 e. The third-order valence-corrected chi connectivity index (χ3v) is 4.04.